The number of ketones is 4. The summed E-state index contributed by atoms with van der Waals surface area (Å²) in [7, 11) is -4.01. The normalized spacial score (nSPS) is 12.0. The van der Waals surface area contributed by atoms with Crippen LogP contribution in [0.3, 0.4) is 0 Å². The van der Waals surface area contributed by atoms with Crippen LogP contribution in [-0.4, -0.2) is 101 Å². The summed E-state index contributed by atoms with van der Waals surface area (Å²) in [5, 5.41) is 19.9. The summed E-state index contributed by atoms with van der Waals surface area (Å²) < 4.78 is 78.2. The minimum atomic E-state index is -4.54. The Morgan fingerprint density at radius 2 is 0.850 bits per heavy atom. The molecule has 113 heavy (non-hydrogen) atoms. The number of carbonyl (C=O) groups is 4. The van der Waals surface area contributed by atoms with Gasteiger partial charge in [0.05, 0.1) is 69.5 Å². The number of hydrogen-bond donors (Lipinski definition) is 6. The Labute approximate surface area is 644 Å². The lowest BCUT2D eigenvalue weighted by atomic mass is 9.80. The molecule has 31 heteroatoms. The molecule has 2 aliphatic rings. The summed E-state index contributed by atoms with van der Waals surface area (Å²) in [6, 6.07) is 58.8. The number of aromatic nitrogens is 8. The van der Waals surface area contributed by atoms with E-state index in [2.05, 4.69) is 56.6 Å². The number of rotatable bonds is 24. The van der Waals surface area contributed by atoms with Gasteiger partial charge >= 0.3 is 19.6 Å². The van der Waals surface area contributed by atoms with Crippen LogP contribution < -0.4 is 52.3 Å². The zero-order chi connectivity index (χ0) is 78.7. The average molecular weight is 1540 g/mol. The van der Waals surface area contributed by atoms with E-state index < -0.39 is 48.7 Å². The van der Waals surface area contributed by atoms with Gasteiger partial charge in [-0.05, 0) is 128 Å². The van der Waals surface area contributed by atoms with E-state index in [0.29, 0.717) is 61.7 Å². The standard InChI is InChI=1S/C82H61BN14O14S2/c1-43-19-17-20-45(39-43)71(98)69-63-52-27-13-15-29-54(52)73(100)65-56(34-36-60(67(63)65)96(3)75(69)102)86-58-41-47(32-31-44(58)2)84-77-88-79(92-81(90-77)110-49-22-9-7-10-23-49)94-83-95-80-89-78(91-82(93-80)111-50-24-11-8-12-25-50)85-48-33-38-62(113(106,107)109-6)59(42-48)87-57-35-37-61-68-64(53-28-14-16-30-55(53)74(101)66(57)68)70(76(103)97(61)4)72(99)46-21-18-26-51(40-46)112(104,105)108-5/h7-42,83,86-87H,1-6H3,(H2,84,88,90,92,94)(H2,85,89,91,93,95). The number of hydrogen-bond acceptors (Lipinski definition) is 26. The maximum atomic E-state index is 15.1. The molecule has 0 atom stereocenters. The quantitative estimate of drug-likeness (QED) is 0.0186. The molecule has 0 bridgehead atoms. The van der Waals surface area contributed by atoms with Gasteiger partial charge in [0.2, 0.25) is 23.8 Å². The molecule has 2 aliphatic carbocycles. The molecule has 10 aromatic carbocycles. The Balaban J connectivity index is 0.707. The first kappa shape index (κ1) is 72.8. The molecule has 4 heterocycles. The van der Waals surface area contributed by atoms with Crippen LogP contribution in [0.2, 0.25) is 0 Å². The van der Waals surface area contributed by atoms with E-state index in [-0.39, 0.29) is 131 Å². The van der Waals surface area contributed by atoms with Crippen LogP contribution >= 0.6 is 0 Å². The van der Waals surface area contributed by atoms with Gasteiger partial charge in [0.15, 0.2) is 23.1 Å². The van der Waals surface area contributed by atoms with E-state index in [0.717, 1.165) is 31.4 Å². The van der Waals surface area contributed by atoms with E-state index in [1.165, 1.54) is 64.7 Å². The van der Waals surface area contributed by atoms with Crippen LogP contribution in [-0.2, 0) is 42.7 Å². The maximum Gasteiger partial charge on any atom is 0.356 e. The Hall–Kier alpha value is -14.4. The third-order valence-electron chi connectivity index (χ3n) is 19.2. The minimum Gasteiger partial charge on any atom is -0.424 e. The van der Waals surface area contributed by atoms with Crippen molar-refractivity contribution in [2.75, 3.05) is 45.9 Å². The molecule has 558 valence electrons. The lowest BCUT2D eigenvalue weighted by Gasteiger charge is -2.26. The monoisotopic (exact) mass is 1540 g/mol. The van der Waals surface area contributed by atoms with E-state index in [9.17, 15) is 40.8 Å². The Bertz CT molecular complexity index is 6770. The average Bonchev–Trinajstić information content (AvgIpc) is 0.711. The molecule has 4 aromatic heterocycles. The summed E-state index contributed by atoms with van der Waals surface area (Å²) in [6.07, 6.45) is 0. The molecule has 16 rings (SSSR count). The SMILES string of the molecule is COS(=O)(=O)c1cccc(C(=O)c2c3c4c(c(Nc5cc(Nc6nc(NBNc7nc(Nc8ccc(C)c(Nc9ccc%10c%11c9C(=O)c9ccccc9-c%11c(C(=O)c9cccc(C)c9)c(=O)n%10C)c8)nc(Oc8ccccc8)n7)nc(Oc7ccccc7)n6)ccc5S(=O)(=O)OC)ccc4n(C)c2=O)C(=O)c2ccccc2-3)c1. The Morgan fingerprint density at radius 1 is 0.407 bits per heavy atom. The van der Waals surface area contributed by atoms with E-state index in [4.69, 9.17) is 22.8 Å². The second-order valence-electron chi connectivity index (χ2n) is 26.2. The van der Waals surface area contributed by atoms with Crippen molar-refractivity contribution in [1.29, 1.82) is 0 Å². The van der Waals surface area contributed by atoms with Crippen LogP contribution in [0.25, 0.3) is 44.1 Å². The number of ether oxygens (including phenoxy) is 2. The second-order valence-corrected chi connectivity index (χ2v) is 29.6. The van der Waals surface area contributed by atoms with Crippen molar-refractivity contribution in [3.8, 4) is 45.8 Å². The van der Waals surface area contributed by atoms with Gasteiger partial charge in [-0.15, -0.1) is 0 Å². The molecule has 0 radical (unpaired) electrons. The number of fused-ring (bicyclic) bond motifs is 4. The summed E-state index contributed by atoms with van der Waals surface area (Å²) in [5.41, 5.74) is 4.34. The van der Waals surface area contributed by atoms with Crippen LogP contribution in [0, 0.1) is 13.8 Å². The van der Waals surface area contributed by atoms with Crippen LogP contribution in [0.1, 0.15) is 74.8 Å². The first-order chi connectivity index (χ1) is 54.5. The van der Waals surface area contributed by atoms with Crippen LogP contribution in [0.15, 0.2) is 238 Å². The molecule has 0 spiro atoms. The van der Waals surface area contributed by atoms with Crippen LogP contribution in [0.4, 0.5) is 57.9 Å². The van der Waals surface area contributed by atoms with Crippen molar-refractivity contribution < 1.29 is 53.9 Å². The fourth-order valence-electron chi connectivity index (χ4n) is 13.8. The summed E-state index contributed by atoms with van der Waals surface area (Å²) >= 11 is 0. The summed E-state index contributed by atoms with van der Waals surface area (Å²) in [6.45, 7) is 3.76. The van der Waals surface area contributed by atoms with Crippen LogP contribution in [0.5, 0.6) is 23.5 Å². The molecule has 0 saturated carbocycles. The van der Waals surface area contributed by atoms with Gasteiger partial charge in [-0.2, -0.15) is 46.7 Å². The first-order valence-electron chi connectivity index (χ1n) is 34.9. The number of nitrogens with zero attached hydrogens (tertiary/aromatic N) is 8. The number of carbonyl (C=O) groups excluding carboxylic acids is 4. The summed E-state index contributed by atoms with van der Waals surface area (Å²) in [4.78, 5) is 115. The predicted octanol–water partition coefficient (Wildman–Crippen LogP) is 13.3. The number of anilines is 10. The van der Waals surface area contributed by atoms with Gasteiger partial charge < -0.3 is 50.3 Å². The van der Waals surface area contributed by atoms with E-state index >= 15 is 4.79 Å². The van der Waals surface area contributed by atoms with Crippen molar-refractivity contribution in [2.24, 2.45) is 14.1 Å². The highest BCUT2D eigenvalue weighted by atomic mass is 32.2. The molecule has 0 unspecified atom stereocenters. The molecular formula is C82H61BN14O14S2. The molecular weight excluding hydrogens is 1480 g/mol. The van der Waals surface area contributed by atoms with Crippen molar-refractivity contribution in [1.82, 2.24) is 39.0 Å². The Morgan fingerprint density at radius 3 is 1.35 bits per heavy atom. The number of para-hydroxylation sites is 2. The van der Waals surface area contributed by atoms with Gasteiger partial charge in [0.1, 0.15) is 16.4 Å². The molecule has 0 aliphatic heterocycles. The highest BCUT2D eigenvalue weighted by Gasteiger charge is 2.37. The van der Waals surface area contributed by atoms with Crippen molar-refractivity contribution in [3.63, 3.8) is 0 Å². The molecule has 14 aromatic rings. The zero-order valence-electron chi connectivity index (χ0n) is 60.6. The van der Waals surface area contributed by atoms with E-state index in [1.807, 2.05) is 44.2 Å². The molecule has 0 fully saturated rings. The van der Waals surface area contributed by atoms with Gasteiger partial charge in [-0.25, -0.2) is 0 Å². The predicted molar refractivity (Wildman–Crippen MR) is 427 cm³/mol. The fraction of sp³-hybridized carbons (Fsp3) is 0.0732. The van der Waals surface area contributed by atoms with Crippen molar-refractivity contribution >= 4 is 131 Å². The molecule has 0 amide bonds. The summed E-state index contributed by atoms with van der Waals surface area (Å²) in [5.74, 6) is -1.51. The highest BCUT2D eigenvalue weighted by Crippen LogP contribution is 2.47. The number of pyridine rings is 2. The second kappa shape index (κ2) is 29.2. The van der Waals surface area contributed by atoms with Gasteiger partial charge in [-0.3, -0.25) is 37.1 Å². The highest BCUT2D eigenvalue weighted by molar-refractivity contribution is 7.87. The van der Waals surface area contributed by atoms with Gasteiger partial charge in [0.25, 0.3) is 31.4 Å². The molecule has 28 nitrogen and oxygen atoms in total. The molecule has 0 saturated heterocycles. The van der Waals surface area contributed by atoms with Gasteiger partial charge in [0, 0.05) is 75.3 Å². The topological polar surface area (TPSA) is 367 Å². The zero-order valence-corrected chi connectivity index (χ0v) is 62.2. The van der Waals surface area contributed by atoms with Gasteiger partial charge in [-0.1, -0.05) is 127 Å². The first-order valence-corrected chi connectivity index (χ1v) is 37.7. The van der Waals surface area contributed by atoms with Crippen molar-refractivity contribution in [3.05, 3.63) is 295 Å². The molecule has 6 N–H and O–H groups in total. The Kier molecular flexibility index (Phi) is 18.8. The largest absolute Gasteiger partial charge is 0.424 e. The lowest BCUT2D eigenvalue weighted by Crippen LogP contribution is -2.29. The smallest absolute Gasteiger partial charge is 0.356 e. The van der Waals surface area contributed by atoms with E-state index in [1.54, 1.807) is 141 Å². The van der Waals surface area contributed by atoms with Crippen molar-refractivity contribution in [2.45, 2.75) is 23.6 Å². The number of benzene rings is 10. The number of nitrogens with one attached hydrogen (secondary N) is 6. The minimum absolute atomic E-state index is 0.00869. The number of aryl methyl sites for hydroxylation is 4. The maximum absolute atomic E-state index is 15.1. The third-order valence-corrected chi connectivity index (χ3v) is 21.8. The third kappa shape index (κ3) is 13.7. The fourth-order valence-corrected chi connectivity index (χ4v) is 15.3. The lowest BCUT2D eigenvalue weighted by molar-refractivity contribution is 0.102.